The van der Waals surface area contributed by atoms with Crippen molar-refractivity contribution < 1.29 is 9.13 Å². The lowest BCUT2D eigenvalue weighted by Gasteiger charge is -2.35. The number of nitrogens with zero attached hydrogens (tertiary/aromatic N) is 4. The van der Waals surface area contributed by atoms with E-state index >= 15 is 0 Å². The van der Waals surface area contributed by atoms with E-state index in [9.17, 15) is 4.39 Å². The molecule has 8 rings (SSSR count). The van der Waals surface area contributed by atoms with Crippen LogP contribution in [-0.4, -0.2) is 64.9 Å². The molecule has 7 heteroatoms. The number of nitrogens with one attached hydrogen (secondary N) is 1. The zero-order valence-electron chi connectivity index (χ0n) is 24.2. The molecule has 0 unspecified atom stereocenters. The topological polar surface area (TPSA) is 53.5 Å². The van der Waals surface area contributed by atoms with Gasteiger partial charge in [0.2, 0.25) is 0 Å². The minimum atomic E-state index is -0.758. The van der Waals surface area contributed by atoms with E-state index in [4.69, 9.17) is 14.7 Å². The van der Waals surface area contributed by atoms with Crippen molar-refractivity contribution in [3.63, 3.8) is 0 Å². The van der Waals surface area contributed by atoms with Crippen molar-refractivity contribution >= 4 is 16.5 Å². The van der Waals surface area contributed by atoms with E-state index in [1.165, 1.54) is 46.1 Å². The molecule has 3 aromatic rings. The SMILES string of the molecule is CCc1cccc2cccc(N3CCc4c(nc(OC[C@@]56CCCN5C[C@H](F)C6)nc4[C@H]4C[C@H]5CC[C@@H](C4)N5)C3)c12. The first-order chi connectivity index (χ1) is 20.1. The van der Waals surface area contributed by atoms with Crippen LogP contribution in [0.5, 0.6) is 6.01 Å². The highest BCUT2D eigenvalue weighted by Crippen LogP contribution is 2.43. The van der Waals surface area contributed by atoms with Gasteiger partial charge >= 0.3 is 6.01 Å². The van der Waals surface area contributed by atoms with Gasteiger partial charge in [0, 0.05) is 48.6 Å². The molecule has 2 bridgehead atoms. The monoisotopic (exact) mass is 555 g/mol. The van der Waals surface area contributed by atoms with Gasteiger partial charge in [-0.2, -0.15) is 9.97 Å². The summed E-state index contributed by atoms with van der Waals surface area (Å²) >= 11 is 0. The van der Waals surface area contributed by atoms with Crippen LogP contribution in [0.2, 0.25) is 0 Å². The second-order valence-electron chi connectivity index (χ2n) is 13.3. The van der Waals surface area contributed by atoms with Crippen LogP contribution in [0.1, 0.15) is 80.3 Å². The molecule has 4 saturated heterocycles. The molecule has 1 aromatic heterocycles. The molecule has 5 atom stereocenters. The average molecular weight is 556 g/mol. The van der Waals surface area contributed by atoms with E-state index in [-0.39, 0.29) is 5.54 Å². The third kappa shape index (κ3) is 4.51. The molecule has 0 saturated carbocycles. The molecule has 0 amide bonds. The van der Waals surface area contributed by atoms with Gasteiger partial charge < -0.3 is 15.0 Å². The van der Waals surface area contributed by atoms with Gasteiger partial charge in [-0.25, -0.2) is 4.39 Å². The highest BCUT2D eigenvalue weighted by atomic mass is 19.1. The quantitative estimate of drug-likeness (QED) is 0.421. The molecule has 5 aliphatic rings. The van der Waals surface area contributed by atoms with E-state index in [2.05, 4.69) is 58.4 Å². The van der Waals surface area contributed by atoms with Crippen molar-refractivity contribution in [3.05, 3.63) is 58.9 Å². The van der Waals surface area contributed by atoms with Crippen LogP contribution in [0.4, 0.5) is 10.1 Å². The van der Waals surface area contributed by atoms with Crippen LogP contribution in [0, 0.1) is 0 Å². The number of anilines is 1. The van der Waals surface area contributed by atoms with Crippen LogP contribution < -0.4 is 15.0 Å². The van der Waals surface area contributed by atoms with E-state index in [1.807, 2.05) is 0 Å². The van der Waals surface area contributed by atoms with Crippen LogP contribution in [0.3, 0.4) is 0 Å². The van der Waals surface area contributed by atoms with Crippen LogP contribution in [0.25, 0.3) is 10.8 Å². The van der Waals surface area contributed by atoms with Crippen molar-refractivity contribution in [3.8, 4) is 6.01 Å². The Morgan fingerprint density at radius 3 is 2.73 bits per heavy atom. The van der Waals surface area contributed by atoms with Crippen molar-refractivity contribution in [2.75, 3.05) is 31.1 Å². The summed E-state index contributed by atoms with van der Waals surface area (Å²) < 4.78 is 20.9. The molecule has 5 aliphatic heterocycles. The van der Waals surface area contributed by atoms with Crippen LogP contribution in [0.15, 0.2) is 36.4 Å². The standard InChI is InChI=1S/C34H42FN5O/c1-2-22-6-3-7-23-8-4-9-30(31(22)23)39-15-12-28-29(20-39)37-33(38-32(28)24-16-26-10-11-27(17-24)36-26)41-21-34-13-5-14-40(34)19-25(35)18-34/h3-4,6-9,24-27,36H,2,5,10-21H2,1H3/t24-,25-,26+,27-,34+/m1/s1. The molecule has 1 N–H and O–H groups in total. The fourth-order valence-electron chi connectivity index (χ4n) is 8.93. The molecule has 0 radical (unpaired) electrons. The van der Waals surface area contributed by atoms with Gasteiger partial charge in [-0.15, -0.1) is 0 Å². The Morgan fingerprint density at radius 1 is 1.07 bits per heavy atom. The number of rotatable bonds is 6. The maximum Gasteiger partial charge on any atom is 0.316 e. The maximum absolute atomic E-state index is 14.5. The van der Waals surface area contributed by atoms with E-state index < -0.39 is 6.17 Å². The van der Waals surface area contributed by atoms with Gasteiger partial charge in [0.05, 0.1) is 23.5 Å². The Labute approximate surface area is 242 Å². The van der Waals surface area contributed by atoms with Gasteiger partial charge in [-0.1, -0.05) is 37.3 Å². The first-order valence-electron chi connectivity index (χ1n) is 16.0. The molecule has 6 heterocycles. The second-order valence-corrected chi connectivity index (χ2v) is 13.3. The van der Waals surface area contributed by atoms with Crippen LogP contribution >= 0.6 is 0 Å². The Morgan fingerprint density at radius 2 is 1.90 bits per heavy atom. The number of halogens is 1. The van der Waals surface area contributed by atoms with Crippen molar-refractivity contribution in [2.24, 2.45) is 0 Å². The summed E-state index contributed by atoms with van der Waals surface area (Å²) in [5.74, 6) is 0.450. The number of alkyl halides is 1. The van der Waals surface area contributed by atoms with Gasteiger partial charge in [-0.05, 0) is 80.5 Å². The molecule has 4 fully saturated rings. The average Bonchev–Trinajstić information content (AvgIpc) is 3.64. The Hall–Kier alpha value is -2.77. The predicted molar refractivity (Wildman–Crippen MR) is 161 cm³/mol. The third-order valence-corrected chi connectivity index (χ3v) is 10.9. The molecular weight excluding hydrogens is 513 g/mol. The van der Waals surface area contributed by atoms with Gasteiger partial charge in [-0.3, -0.25) is 4.90 Å². The molecule has 2 aromatic carbocycles. The number of piperidine rings is 1. The molecular formula is C34H42FN5O. The smallest absolute Gasteiger partial charge is 0.316 e. The zero-order valence-corrected chi connectivity index (χ0v) is 24.2. The lowest BCUT2D eigenvalue weighted by Crippen LogP contribution is -2.43. The first kappa shape index (κ1) is 25.9. The van der Waals surface area contributed by atoms with E-state index in [1.54, 1.807) is 0 Å². The summed E-state index contributed by atoms with van der Waals surface area (Å²) in [6.45, 7) is 5.96. The minimum Gasteiger partial charge on any atom is -0.461 e. The number of benzene rings is 2. The molecule has 0 spiro atoms. The Kier molecular flexibility index (Phi) is 6.44. The number of aryl methyl sites for hydroxylation is 1. The van der Waals surface area contributed by atoms with Crippen LogP contribution in [-0.2, 0) is 19.4 Å². The van der Waals surface area contributed by atoms with E-state index in [0.29, 0.717) is 43.6 Å². The predicted octanol–water partition coefficient (Wildman–Crippen LogP) is 5.71. The minimum absolute atomic E-state index is 0.196. The maximum atomic E-state index is 14.5. The second kappa shape index (κ2) is 10.2. The number of hydrogen-bond donors (Lipinski definition) is 1. The number of hydrogen-bond acceptors (Lipinski definition) is 6. The van der Waals surface area contributed by atoms with Gasteiger partial charge in [0.15, 0.2) is 0 Å². The number of fused-ring (bicyclic) bond motifs is 5. The molecule has 216 valence electrons. The highest BCUT2D eigenvalue weighted by molar-refractivity contribution is 5.97. The molecule has 41 heavy (non-hydrogen) atoms. The van der Waals surface area contributed by atoms with Gasteiger partial charge in [0.25, 0.3) is 0 Å². The lowest BCUT2D eigenvalue weighted by molar-refractivity contribution is 0.106. The molecule has 0 aliphatic carbocycles. The summed E-state index contributed by atoms with van der Waals surface area (Å²) in [6.07, 6.45) is 8.73. The normalized spacial score (nSPS) is 31.0. The summed E-state index contributed by atoms with van der Waals surface area (Å²) in [6, 6.07) is 15.0. The summed E-state index contributed by atoms with van der Waals surface area (Å²) in [5.41, 5.74) is 6.19. The summed E-state index contributed by atoms with van der Waals surface area (Å²) in [4.78, 5) is 15.1. The Bertz CT molecular complexity index is 1450. The fourth-order valence-corrected chi connectivity index (χ4v) is 8.93. The van der Waals surface area contributed by atoms with Crippen molar-refractivity contribution in [2.45, 2.75) is 101 Å². The first-order valence-corrected chi connectivity index (χ1v) is 16.0. The number of ether oxygens (including phenoxy) is 1. The van der Waals surface area contributed by atoms with Crippen molar-refractivity contribution in [1.29, 1.82) is 0 Å². The largest absolute Gasteiger partial charge is 0.461 e. The highest BCUT2D eigenvalue weighted by Gasteiger charge is 2.49. The molecule has 6 nitrogen and oxygen atoms in total. The Balaban J connectivity index is 1.14. The number of aromatic nitrogens is 2. The fraction of sp³-hybridized carbons (Fsp3) is 0.588. The van der Waals surface area contributed by atoms with Gasteiger partial charge in [0.1, 0.15) is 12.8 Å². The third-order valence-electron chi connectivity index (χ3n) is 10.9. The summed E-state index contributed by atoms with van der Waals surface area (Å²) in [7, 11) is 0. The zero-order chi connectivity index (χ0) is 27.6. The lowest BCUT2D eigenvalue weighted by atomic mass is 9.85. The van der Waals surface area contributed by atoms with E-state index in [0.717, 1.165) is 63.9 Å². The summed E-state index contributed by atoms with van der Waals surface area (Å²) in [5, 5.41) is 6.47. The van der Waals surface area contributed by atoms with Crippen molar-refractivity contribution in [1.82, 2.24) is 20.2 Å².